The van der Waals surface area contributed by atoms with E-state index in [9.17, 15) is 0 Å². The van der Waals surface area contributed by atoms with Gasteiger partial charge in [0.05, 0.1) is 13.3 Å². The van der Waals surface area contributed by atoms with Gasteiger partial charge in [-0.3, -0.25) is 4.90 Å². The van der Waals surface area contributed by atoms with Crippen LogP contribution in [0.15, 0.2) is 85.0 Å². The Morgan fingerprint density at radius 3 is 2.35 bits per heavy atom. The summed E-state index contributed by atoms with van der Waals surface area (Å²) in [5.74, 6) is 1.89. The number of likely N-dealkylation sites (N-methyl/N-ethyl adjacent to an activating group) is 2. The summed E-state index contributed by atoms with van der Waals surface area (Å²) in [7, 11) is 3.93. The van der Waals surface area contributed by atoms with Crippen LogP contribution in [0.4, 0.5) is 5.69 Å². The number of ether oxygens (including phenoxy) is 1. The Bertz CT molecular complexity index is 923. The van der Waals surface area contributed by atoms with Gasteiger partial charge in [-0.15, -0.1) is 11.6 Å². The van der Waals surface area contributed by atoms with Crippen LogP contribution in [0.25, 0.3) is 0 Å². The van der Waals surface area contributed by atoms with Gasteiger partial charge in [0.2, 0.25) is 0 Å². The second kappa shape index (κ2) is 15.4. The molecule has 2 unspecified atom stereocenters. The number of anilines is 1. The van der Waals surface area contributed by atoms with Crippen LogP contribution >= 0.6 is 11.6 Å². The van der Waals surface area contributed by atoms with E-state index in [1.165, 1.54) is 16.8 Å². The van der Waals surface area contributed by atoms with Crippen molar-refractivity contribution in [2.45, 2.75) is 53.2 Å². The largest absolute Gasteiger partial charge is 0.497 e. The van der Waals surface area contributed by atoms with Gasteiger partial charge < -0.3 is 9.64 Å². The number of nitrogens with zero attached hydrogens (tertiary/aromatic N) is 2. The van der Waals surface area contributed by atoms with E-state index in [1.54, 1.807) is 13.2 Å². The van der Waals surface area contributed by atoms with E-state index in [0.29, 0.717) is 18.0 Å². The van der Waals surface area contributed by atoms with Crippen LogP contribution in [0.5, 0.6) is 5.75 Å². The molecule has 3 rings (SSSR count). The number of halogens is 1. The van der Waals surface area contributed by atoms with Crippen LogP contribution in [0, 0.1) is 0 Å². The molecule has 0 spiro atoms. The highest BCUT2D eigenvalue weighted by molar-refractivity contribution is 6.19. The Morgan fingerprint density at radius 1 is 1.18 bits per heavy atom. The highest BCUT2D eigenvalue weighted by Crippen LogP contribution is 2.43. The Kier molecular flexibility index (Phi) is 13.4. The third-order valence-corrected chi connectivity index (χ3v) is 6.37. The van der Waals surface area contributed by atoms with Crippen LogP contribution < -0.4 is 9.64 Å². The van der Waals surface area contributed by atoms with E-state index in [4.69, 9.17) is 16.3 Å². The molecule has 34 heavy (non-hydrogen) atoms. The molecule has 0 aliphatic carbocycles. The zero-order chi connectivity index (χ0) is 25.7. The fraction of sp³-hybridized carbons (Fsp3) is 0.400. The van der Waals surface area contributed by atoms with E-state index in [-0.39, 0.29) is 0 Å². The van der Waals surface area contributed by atoms with Crippen molar-refractivity contribution in [2.24, 2.45) is 0 Å². The molecule has 186 valence electrons. The Balaban J connectivity index is 0.000000446. The number of benzene rings is 2. The second-order valence-corrected chi connectivity index (χ2v) is 8.38. The molecule has 0 aromatic heterocycles. The van der Waals surface area contributed by atoms with Gasteiger partial charge in [0.15, 0.2) is 0 Å². The first kappa shape index (κ1) is 29.5. The molecule has 0 radical (unpaired) electrons. The molecule has 0 saturated carbocycles. The lowest BCUT2D eigenvalue weighted by Gasteiger charge is -2.36. The summed E-state index contributed by atoms with van der Waals surface area (Å²) in [4.78, 5) is 4.96. The molecule has 1 aliphatic heterocycles. The van der Waals surface area contributed by atoms with E-state index < -0.39 is 0 Å². The molecule has 2 atom stereocenters. The molecule has 4 heteroatoms. The molecule has 2 aromatic carbocycles. The lowest BCUT2D eigenvalue weighted by atomic mass is 10.00. The summed E-state index contributed by atoms with van der Waals surface area (Å²) < 4.78 is 5.41. The Labute approximate surface area is 213 Å². The number of hydrogen-bond acceptors (Lipinski definition) is 3. The highest BCUT2D eigenvalue weighted by Gasteiger charge is 2.37. The maximum Gasteiger partial charge on any atom is 0.119 e. The Morgan fingerprint density at radius 2 is 1.82 bits per heavy atom. The third-order valence-electron chi connectivity index (χ3n) is 6.04. The van der Waals surface area contributed by atoms with Crippen molar-refractivity contribution in [3.8, 4) is 5.75 Å². The van der Waals surface area contributed by atoms with Crippen LogP contribution in [0.3, 0.4) is 0 Å². The van der Waals surface area contributed by atoms with Crippen LogP contribution in [-0.2, 0) is 6.54 Å². The highest BCUT2D eigenvalue weighted by atomic mass is 35.5. The van der Waals surface area contributed by atoms with Crippen molar-refractivity contribution in [2.75, 3.05) is 31.5 Å². The maximum atomic E-state index is 5.51. The molecular weight excluding hydrogens is 440 g/mol. The molecule has 2 aromatic rings. The normalized spacial score (nSPS) is 16.6. The fourth-order valence-electron chi connectivity index (χ4n) is 4.16. The lowest BCUT2D eigenvalue weighted by molar-refractivity contribution is 0.182. The maximum absolute atomic E-state index is 5.51. The van der Waals surface area contributed by atoms with E-state index in [0.717, 1.165) is 30.0 Å². The number of rotatable bonds is 8. The third kappa shape index (κ3) is 7.78. The smallest absolute Gasteiger partial charge is 0.119 e. The minimum Gasteiger partial charge on any atom is -0.497 e. The molecule has 1 aliphatic rings. The number of allylic oxidation sites excluding steroid dienone is 4. The first-order chi connectivity index (χ1) is 16.4. The van der Waals surface area contributed by atoms with E-state index >= 15 is 0 Å². The molecule has 3 nitrogen and oxygen atoms in total. The van der Waals surface area contributed by atoms with Crippen LogP contribution in [0.1, 0.15) is 51.7 Å². The van der Waals surface area contributed by atoms with Crippen molar-refractivity contribution in [3.63, 3.8) is 0 Å². The van der Waals surface area contributed by atoms with Gasteiger partial charge in [0.25, 0.3) is 0 Å². The lowest BCUT2D eigenvalue weighted by Crippen LogP contribution is -2.45. The van der Waals surface area contributed by atoms with Gasteiger partial charge in [-0.2, -0.15) is 0 Å². The summed E-state index contributed by atoms with van der Waals surface area (Å²) in [6.07, 6.45) is 4.00. The zero-order valence-corrected chi connectivity index (χ0v) is 22.9. The summed E-state index contributed by atoms with van der Waals surface area (Å²) in [5.41, 5.74) is 6.11. The van der Waals surface area contributed by atoms with Crippen molar-refractivity contribution in [1.29, 1.82) is 0 Å². The van der Waals surface area contributed by atoms with Crippen molar-refractivity contribution < 1.29 is 4.74 Å². The summed E-state index contributed by atoms with van der Waals surface area (Å²) >= 11 is 5.51. The molecular formula is C30H43ClN2O. The summed E-state index contributed by atoms with van der Waals surface area (Å²) in [6, 6.07) is 17.1. The van der Waals surface area contributed by atoms with E-state index in [1.807, 2.05) is 26.8 Å². The van der Waals surface area contributed by atoms with Gasteiger partial charge in [0, 0.05) is 31.1 Å². The van der Waals surface area contributed by atoms with Gasteiger partial charge in [0.1, 0.15) is 5.75 Å². The zero-order valence-electron chi connectivity index (χ0n) is 22.1. The van der Waals surface area contributed by atoms with Crippen molar-refractivity contribution in [3.05, 3.63) is 96.1 Å². The molecule has 0 amide bonds. The van der Waals surface area contributed by atoms with Crippen molar-refractivity contribution >= 4 is 17.3 Å². The number of fused-ring (bicyclic) bond motifs is 1. The standard InChI is InChI=1S/C20H26N2O.C8H11Cl.C2H6/c1-5-22(14-16-9-7-6-8-10-16)20-15(2)18-13-17(23-4)11-12-19(18)21(20)3;1-4-5-7(2)8(3)6-9;1-2/h6-13,15,20H,5,14H2,1-4H3;4-5H,1,3,6H2,2H3;1-2H3/b;7-5-;. The average Bonchev–Trinajstić information content (AvgIpc) is 3.13. The monoisotopic (exact) mass is 482 g/mol. The summed E-state index contributed by atoms with van der Waals surface area (Å²) in [5, 5.41) is 0. The fourth-order valence-corrected chi connectivity index (χ4v) is 4.37. The van der Waals surface area contributed by atoms with E-state index in [2.05, 4.69) is 92.4 Å². The summed E-state index contributed by atoms with van der Waals surface area (Å²) in [6.45, 7) is 19.8. The quantitative estimate of drug-likeness (QED) is 0.279. The predicted molar refractivity (Wildman–Crippen MR) is 151 cm³/mol. The topological polar surface area (TPSA) is 15.7 Å². The molecule has 0 bridgehead atoms. The first-order valence-electron chi connectivity index (χ1n) is 12.1. The molecule has 0 saturated heterocycles. The first-order valence-corrected chi connectivity index (χ1v) is 12.6. The van der Waals surface area contributed by atoms with Crippen molar-refractivity contribution in [1.82, 2.24) is 4.90 Å². The number of methoxy groups -OCH3 is 1. The number of alkyl halides is 1. The van der Waals surface area contributed by atoms with Crippen LogP contribution in [-0.4, -0.2) is 37.6 Å². The van der Waals surface area contributed by atoms with Crippen LogP contribution in [0.2, 0.25) is 0 Å². The average molecular weight is 483 g/mol. The molecule has 0 N–H and O–H groups in total. The SMILES string of the molecule is C=C/C=C(/C)C(=C)CCl.CC.CCN(Cc1ccccc1)C1C(C)c2cc(OC)ccc2N1C. The predicted octanol–water partition coefficient (Wildman–Crippen LogP) is 8.04. The minimum atomic E-state index is 0.377. The second-order valence-electron chi connectivity index (χ2n) is 8.11. The molecule has 0 fully saturated rings. The number of hydrogen-bond donors (Lipinski definition) is 0. The Hall–Kier alpha value is -2.49. The van der Waals surface area contributed by atoms with Gasteiger partial charge >= 0.3 is 0 Å². The minimum absolute atomic E-state index is 0.377. The van der Waals surface area contributed by atoms with Gasteiger partial charge in [-0.25, -0.2) is 0 Å². The molecule has 1 heterocycles. The van der Waals surface area contributed by atoms with Gasteiger partial charge in [-0.1, -0.05) is 83.3 Å². The van der Waals surface area contributed by atoms with Gasteiger partial charge in [-0.05, 0) is 53.9 Å².